The van der Waals surface area contributed by atoms with E-state index >= 15 is 0 Å². The molecule has 1 saturated heterocycles. The molecule has 2 heterocycles. The molecule has 2 aromatic rings. The van der Waals surface area contributed by atoms with E-state index in [2.05, 4.69) is 16.9 Å². The molecule has 0 amide bonds. The summed E-state index contributed by atoms with van der Waals surface area (Å²) in [5, 5.41) is 13.9. The fraction of sp³-hybridized carbons (Fsp3) is 0.556. The summed E-state index contributed by atoms with van der Waals surface area (Å²) in [7, 11) is 1.67. The summed E-state index contributed by atoms with van der Waals surface area (Å²) in [6.07, 6.45) is 3.18. The second-order valence-electron chi connectivity index (χ2n) is 6.28. The normalized spacial score (nSPS) is 16.5. The molecule has 1 fully saturated rings. The Labute approximate surface area is 143 Å². The predicted molar refractivity (Wildman–Crippen MR) is 92.1 cm³/mol. The zero-order valence-corrected chi connectivity index (χ0v) is 14.5. The van der Waals surface area contributed by atoms with Crippen molar-refractivity contribution in [3.63, 3.8) is 0 Å². The van der Waals surface area contributed by atoms with E-state index in [4.69, 9.17) is 9.72 Å². The summed E-state index contributed by atoms with van der Waals surface area (Å²) in [6.45, 7) is 4.97. The number of rotatable bonds is 7. The van der Waals surface area contributed by atoms with Crippen molar-refractivity contribution in [1.82, 2.24) is 19.7 Å². The molecule has 0 saturated carbocycles. The number of aromatic nitrogens is 3. The quantitative estimate of drug-likeness (QED) is 0.841. The molecule has 0 unspecified atom stereocenters. The Kier molecular flexibility index (Phi) is 5.48. The summed E-state index contributed by atoms with van der Waals surface area (Å²) in [5.74, 6) is 2.60. The van der Waals surface area contributed by atoms with Crippen LogP contribution < -0.4 is 4.74 Å². The Morgan fingerprint density at radius 2 is 1.92 bits per heavy atom. The van der Waals surface area contributed by atoms with Crippen LogP contribution in [0.5, 0.6) is 5.75 Å². The highest BCUT2D eigenvalue weighted by Crippen LogP contribution is 2.24. The van der Waals surface area contributed by atoms with Gasteiger partial charge in [-0.25, -0.2) is 9.67 Å². The van der Waals surface area contributed by atoms with Crippen molar-refractivity contribution in [1.29, 1.82) is 0 Å². The van der Waals surface area contributed by atoms with Crippen LogP contribution in [-0.2, 0) is 13.0 Å². The topological polar surface area (TPSA) is 63.4 Å². The summed E-state index contributed by atoms with van der Waals surface area (Å²) >= 11 is 0. The highest BCUT2D eigenvalue weighted by atomic mass is 16.5. The van der Waals surface area contributed by atoms with Crippen LogP contribution in [0.15, 0.2) is 24.3 Å². The Bertz CT molecular complexity index is 648. The smallest absolute Gasteiger partial charge is 0.155 e. The van der Waals surface area contributed by atoms with Crippen molar-refractivity contribution in [3.8, 4) is 5.75 Å². The Morgan fingerprint density at radius 1 is 1.21 bits per heavy atom. The van der Waals surface area contributed by atoms with Gasteiger partial charge in [0.25, 0.3) is 0 Å². The molecule has 1 aliphatic heterocycles. The second kappa shape index (κ2) is 7.77. The predicted octanol–water partition coefficient (Wildman–Crippen LogP) is 2.03. The van der Waals surface area contributed by atoms with E-state index in [-0.39, 0.29) is 12.6 Å². The third kappa shape index (κ3) is 3.76. The number of methoxy groups -OCH3 is 1. The van der Waals surface area contributed by atoms with Crippen LogP contribution in [-0.4, -0.2) is 51.6 Å². The zero-order chi connectivity index (χ0) is 16.9. The van der Waals surface area contributed by atoms with Gasteiger partial charge in [-0.1, -0.05) is 12.1 Å². The Balaban J connectivity index is 1.78. The average Bonchev–Trinajstić information content (AvgIpc) is 3.25. The lowest BCUT2D eigenvalue weighted by molar-refractivity contribution is 0.230. The summed E-state index contributed by atoms with van der Waals surface area (Å²) in [6, 6.07) is 8.21. The first-order valence-electron chi connectivity index (χ1n) is 8.62. The molecule has 130 valence electrons. The van der Waals surface area contributed by atoms with Gasteiger partial charge in [0.05, 0.1) is 26.3 Å². The lowest BCUT2D eigenvalue weighted by Crippen LogP contribution is -2.26. The number of ether oxygens (including phenoxy) is 1. The fourth-order valence-electron chi connectivity index (χ4n) is 3.26. The molecule has 0 aliphatic carbocycles. The lowest BCUT2D eigenvalue weighted by Gasteiger charge is -2.23. The number of aliphatic hydroxyl groups excluding tert-OH is 1. The SMILES string of the molecule is COc1ccc(Cc2nc([C@H](C)N3CCCC3)n(CCO)n2)cc1. The largest absolute Gasteiger partial charge is 0.497 e. The molecule has 6 nitrogen and oxygen atoms in total. The molecule has 24 heavy (non-hydrogen) atoms. The maximum Gasteiger partial charge on any atom is 0.155 e. The maximum atomic E-state index is 9.33. The molecular formula is C18H26N4O2. The summed E-state index contributed by atoms with van der Waals surface area (Å²) in [5.41, 5.74) is 1.15. The van der Waals surface area contributed by atoms with Gasteiger partial charge in [0, 0.05) is 6.42 Å². The van der Waals surface area contributed by atoms with Crippen LogP contribution in [0.3, 0.4) is 0 Å². The minimum absolute atomic E-state index is 0.0745. The van der Waals surface area contributed by atoms with Crippen LogP contribution in [0.1, 0.15) is 43.0 Å². The zero-order valence-electron chi connectivity index (χ0n) is 14.5. The first-order chi connectivity index (χ1) is 11.7. The van der Waals surface area contributed by atoms with E-state index in [0.717, 1.165) is 36.1 Å². The minimum atomic E-state index is 0.0745. The summed E-state index contributed by atoms with van der Waals surface area (Å²) < 4.78 is 7.06. The van der Waals surface area contributed by atoms with E-state index in [1.165, 1.54) is 12.8 Å². The van der Waals surface area contributed by atoms with Crippen molar-refractivity contribution in [2.45, 2.75) is 38.8 Å². The Hall–Kier alpha value is -1.92. The van der Waals surface area contributed by atoms with E-state index in [1.807, 2.05) is 28.9 Å². The molecule has 0 radical (unpaired) electrons. The molecule has 0 spiro atoms. The van der Waals surface area contributed by atoms with Gasteiger partial charge in [-0.3, -0.25) is 4.90 Å². The van der Waals surface area contributed by atoms with Crippen LogP contribution in [0.25, 0.3) is 0 Å². The van der Waals surface area contributed by atoms with Crippen molar-refractivity contribution < 1.29 is 9.84 Å². The van der Waals surface area contributed by atoms with Crippen molar-refractivity contribution in [2.75, 3.05) is 26.8 Å². The molecule has 6 heteroatoms. The Morgan fingerprint density at radius 3 is 2.54 bits per heavy atom. The first-order valence-corrected chi connectivity index (χ1v) is 8.62. The number of benzene rings is 1. The first kappa shape index (κ1) is 16.9. The summed E-state index contributed by atoms with van der Waals surface area (Å²) in [4.78, 5) is 7.22. The average molecular weight is 330 g/mol. The van der Waals surface area contributed by atoms with Gasteiger partial charge in [0.1, 0.15) is 11.6 Å². The van der Waals surface area contributed by atoms with Gasteiger partial charge in [-0.15, -0.1) is 0 Å². The monoisotopic (exact) mass is 330 g/mol. The second-order valence-corrected chi connectivity index (χ2v) is 6.28. The molecule has 3 rings (SSSR count). The molecular weight excluding hydrogens is 304 g/mol. The van der Waals surface area contributed by atoms with Crippen molar-refractivity contribution in [3.05, 3.63) is 41.5 Å². The maximum absolute atomic E-state index is 9.33. The van der Waals surface area contributed by atoms with Gasteiger partial charge < -0.3 is 9.84 Å². The van der Waals surface area contributed by atoms with Crippen LogP contribution >= 0.6 is 0 Å². The number of hydrogen-bond acceptors (Lipinski definition) is 5. The number of likely N-dealkylation sites (tertiary alicyclic amines) is 1. The van der Waals surface area contributed by atoms with Gasteiger partial charge >= 0.3 is 0 Å². The van der Waals surface area contributed by atoms with Gasteiger partial charge in [0.2, 0.25) is 0 Å². The van der Waals surface area contributed by atoms with Gasteiger partial charge in [-0.05, 0) is 50.6 Å². The van der Waals surface area contributed by atoms with Crippen LogP contribution in [0.2, 0.25) is 0 Å². The molecule has 1 aromatic heterocycles. The van der Waals surface area contributed by atoms with Crippen LogP contribution in [0.4, 0.5) is 0 Å². The van der Waals surface area contributed by atoms with Gasteiger partial charge in [-0.2, -0.15) is 5.10 Å². The molecule has 0 bridgehead atoms. The van der Waals surface area contributed by atoms with Crippen molar-refractivity contribution in [2.24, 2.45) is 0 Å². The third-order valence-corrected chi connectivity index (χ3v) is 4.64. The van der Waals surface area contributed by atoms with Crippen LogP contribution in [0, 0.1) is 0 Å². The standard InChI is InChI=1S/C18H26N4O2/c1-14(21-9-3-4-10-21)18-19-17(20-22(18)11-12-23)13-15-5-7-16(24-2)8-6-15/h5-8,14,23H,3-4,9-13H2,1-2H3/t14-/m0/s1. The lowest BCUT2D eigenvalue weighted by atomic mass is 10.1. The number of hydrogen-bond donors (Lipinski definition) is 1. The molecule has 1 atom stereocenters. The van der Waals surface area contributed by atoms with Crippen molar-refractivity contribution >= 4 is 0 Å². The molecule has 1 aliphatic rings. The van der Waals surface area contributed by atoms with Gasteiger partial charge in [0.15, 0.2) is 5.82 Å². The molecule has 1 N–H and O–H groups in total. The van der Waals surface area contributed by atoms with E-state index < -0.39 is 0 Å². The fourth-order valence-corrected chi connectivity index (χ4v) is 3.26. The van der Waals surface area contributed by atoms with E-state index in [0.29, 0.717) is 13.0 Å². The van der Waals surface area contributed by atoms with E-state index in [1.54, 1.807) is 7.11 Å². The number of aliphatic hydroxyl groups is 1. The van der Waals surface area contributed by atoms with E-state index in [9.17, 15) is 5.11 Å². The number of nitrogens with zero attached hydrogens (tertiary/aromatic N) is 4. The third-order valence-electron chi connectivity index (χ3n) is 4.64. The minimum Gasteiger partial charge on any atom is -0.497 e. The molecule has 1 aromatic carbocycles. The highest BCUT2D eigenvalue weighted by Gasteiger charge is 2.24. The highest BCUT2D eigenvalue weighted by molar-refractivity contribution is 5.28.